The Morgan fingerprint density at radius 3 is 2.80 bits per heavy atom. The summed E-state index contributed by atoms with van der Waals surface area (Å²) in [5.74, 6) is 0.0721. The predicted molar refractivity (Wildman–Crippen MR) is 59.5 cm³/mol. The number of aliphatic hydroxyl groups excluding tert-OH is 1. The average molecular weight is 214 g/mol. The molecule has 0 aromatic heterocycles. The van der Waals surface area contributed by atoms with Gasteiger partial charge in [0.25, 0.3) is 0 Å². The Balaban J connectivity index is 2.27. The Morgan fingerprint density at radius 1 is 1.53 bits per heavy atom. The minimum absolute atomic E-state index is 0.0322. The summed E-state index contributed by atoms with van der Waals surface area (Å²) in [6.45, 7) is 4.60. The van der Waals surface area contributed by atoms with Crippen LogP contribution in [0.1, 0.15) is 39.5 Å². The van der Waals surface area contributed by atoms with Gasteiger partial charge in [0.15, 0.2) is 0 Å². The minimum Gasteiger partial charge on any atom is -0.393 e. The van der Waals surface area contributed by atoms with Gasteiger partial charge in [-0.05, 0) is 39.7 Å². The summed E-state index contributed by atoms with van der Waals surface area (Å²) in [6.07, 6.45) is 3.45. The smallest absolute Gasteiger partial charge is 0.237 e. The van der Waals surface area contributed by atoms with Crippen LogP contribution in [-0.4, -0.2) is 35.7 Å². The van der Waals surface area contributed by atoms with E-state index in [2.05, 4.69) is 10.6 Å². The molecule has 0 bridgehead atoms. The fraction of sp³-hybridized carbons (Fsp3) is 0.909. The molecular weight excluding hydrogens is 192 g/mol. The molecule has 1 aliphatic heterocycles. The maximum atomic E-state index is 11.7. The van der Waals surface area contributed by atoms with E-state index in [1.165, 1.54) is 0 Å². The van der Waals surface area contributed by atoms with Crippen molar-refractivity contribution in [3.8, 4) is 0 Å². The molecule has 1 heterocycles. The van der Waals surface area contributed by atoms with Gasteiger partial charge in [-0.15, -0.1) is 0 Å². The largest absolute Gasteiger partial charge is 0.393 e. The molecule has 4 nitrogen and oxygen atoms in total. The first-order valence-corrected chi connectivity index (χ1v) is 5.81. The Bertz CT molecular complexity index is 201. The van der Waals surface area contributed by atoms with Crippen LogP contribution in [0, 0.1) is 0 Å². The fourth-order valence-corrected chi connectivity index (χ4v) is 1.99. The van der Waals surface area contributed by atoms with Crippen LogP contribution in [-0.2, 0) is 4.79 Å². The molecule has 1 aliphatic rings. The normalized spacial score (nSPS) is 25.7. The number of aliphatic hydroxyl groups is 1. The fourth-order valence-electron chi connectivity index (χ4n) is 1.99. The molecule has 0 aliphatic carbocycles. The standard InChI is InChI=1S/C11H22N2O2/c1-8(7-9(2)14)13-11(15)10-5-3-4-6-12-10/h8-10,12,14H,3-7H2,1-2H3,(H,13,15)/t8?,9?,10-/m0/s1. The maximum Gasteiger partial charge on any atom is 0.237 e. The molecule has 15 heavy (non-hydrogen) atoms. The lowest BCUT2D eigenvalue weighted by molar-refractivity contribution is -0.124. The van der Waals surface area contributed by atoms with Crippen molar-refractivity contribution in [2.75, 3.05) is 6.54 Å². The molecule has 3 atom stereocenters. The van der Waals surface area contributed by atoms with E-state index in [1.807, 2.05) is 6.92 Å². The summed E-state index contributed by atoms with van der Waals surface area (Å²) in [6, 6.07) is 0.0106. The molecule has 1 saturated heterocycles. The van der Waals surface area contributed by atoms with Crippen molar-refractivity contribution in [1.29, 1.82) is 0 Å². The molecular formula is C11H22N2O2. The van der Waals surface area contributed by atoms with Gasteiger partial charge in [0.05, 0.1) is 12.1 Å². The summed E-state index contributed by atoms with van der Waals surface area (Å²) in [4.78, 5) is 11.7. The predicted octanol–water partition coefficient (Wildman–Crippen LogP) is 0.404. The second-order valence-corrected chi connectivity index (χ2v) is 4.50. The van der Waals surface area contributed by atoms with Crippen LogP contribution in [0.15, 0.2) is 0 Å². The molecule has 88 valence electrons. The summed E-state index contributed by atoms with van der Waals surface area (Å²) in [5.41, 5.74) is 0. The molecule has 1 rings (SSSR count). The zero-order chi connectivity index (χ0) is 11.3. The van der Waals surface area contributed by atoms with Crippen molar-refractivity contribution >= 4 is 5.91 Å². The van der Waals surface area contributed by atoms with Gasteiger partial charge in [0.2, 0.25) is 5.91 Å². The van der Waals surface area contributed by atoms with Gasteiger partial charge >= 0.3 is 0 Å². The second-order valence-electron chi connectivity index (χ2n) is 4.50. The summed E-state index contributed by atoms with van der Waals surface area (Å²) < 4.78 is 0. The van der Waals surface area contributed by atoms with Gasteiger partial charge in [-0.1, -0.05) is 6.42 Å². The van der Waals surface area contributed by atoms with Crippen molar-refractivity contribution in [1.82, 2.24) is 10.6 Å². The number of hydrogen-bond donors (Lipinski definition) is 3. The highest BCUT2D eigenvalue weighted by atomic mass is 16.3. The Morgan fingerprint density at radius 2 is 2.27 bits per heavy atom. The van der Waals surface area contributed by atoms with Crippen LogP contribution < -0.4 is 10.6 Å². The van der Waals surface area contributed by atoms with Gasteiger partial charge in [-0.25, -0.2) is 0 Å². The van der Waals surface area contributed by atoms with Crippen LogP contribution in [0.2, 0.25) is 0 Å². The molecule has 0 aromatic rings. The van der Waals surface area contributed by atoms with Crippen molar-refractivity contribution < 1.29 is 9.90 Å². The number of amides is 1. The molecule has 0 radical (unpaired) electrons. The zero-order valence-corrected chi connectivity index (χ0v) is 9.62. The highest BCUT2D eigenvalue weighted by Crippen LogP contribution is 2.07. The zero-order valence-electron chi connectivity index (χ0n) is 9.62. The third kappa shape index (κ3) is 4.62. The number of carbonyl (C=O) groups excluding carboxylic acids is 1. The Labute approximate surface area is 91.4 Å². The topological polar surface area (TPSA) is 61.4 Å². The number of hydrogen-bond acceptors (Lipinski definition) is 3. The quantitative estimate of drug-likeness (QED) is 0.635. The second kappa shape index (κ2) is 6.08. The van der Waals surface area contributed by atoms with E-state index in [9.17, 15) is 9.90 Å². The van der Waals surface area contributed by atoms with Gasteiger partial charge in [0, 0.05) is 6.04 Å². The van der Waals surface area contributed by atoms with Crippen LogP contribution in [0.3, 0.4) is 0 Å². The molecule has 2 unspecified atom stereocenters. The van der Waals surface area contributed by atoms with Crippen LogP contribution in [0.25, 0.3) is 0 Å². The van der Waals surface area contributed by atoms with Crippen LogP contribution >= 0.6 is 0 Å². The third-order valence-electron chi connectivity index (χ3n) is 2.71. The van der Waals surface area contributed by atoms with Crippen LogP contribution in [0.5, 0.6) is 0 Å². The summed E-state index contributed by atoms with van der Waals surface area (Å²) in [7, 11) is 0. The van der Waals surface area contributed by atoms with E-state index in [0.717, 1.165) is 25.8 Å². The minimum atomic E-state index is -0.361. The average Bonchev–Trinajstić information content (AvgIpc) is 2.17. The first-order chi connectivity index (χ1) is 7.09. The lowest BCUT2D eigenvalue weighted by Crippen LogP contribution is -2.49. The highest BCUT2D eigenvalue weighted by molar-refractivity contribution is 5.82. The molecule has 1 amide bonds. The first kappa shape index (κ1) is 12.5. The number of nitrogens with one attached hydrogen (secondary N) is 2. The van der Waals surface area contributed by atoms with Crippen molar-refractivity contribution in [3.63, 3.8) is 0 Å². The van der Waals surface area contributed by atoms with Crippen LogP contribution in [0.4, 0.5) is 0 Å². The number of rotatable bonds is 4. The van der Waals surface area contributed by atoms with Gasteiger partial charge in [-0.2, -0.15) is 0 Å². The van der Waals surface area contributed by atoms with Crippen molar-refractivity contribution in [2.45, 2.75) is 57.7 Å². The van der Waals surface area contributed by atoms with Gasteiger partial charge in [0.1, 0.15) is 0 Å². The highest BCUT2D eigenvalue weighted by Gasteiger charge is 2.21. The molecule has 4 heteroatoms. The molecule has 0 saturated carbocycles. The summed E-state index contributed by atoms with van der Waals surface area (Å²) in [5, 5.41) is 15.3. The maximum absolute atomic E-state index is 11.7. The number of carbonyl (C=O) groups is 1. The lowest BCUT2D eigenvalue weighted by atomic mass is 10.0. The first-order valence-electron chi connectivity index (χ1n) is 5.81. The number of piperidine rings is 1. The van der Waals surface area contributed by atoms with E-state index >= 15 is 0 Å². The molecule has 0 spiro atoms. The van der Waals surface area contributed by atoms with Crippen molar-refractivity contribution in [2.24, 2.45) is 0 Å². The van der Waals surface area contributed by atoms with Crippen molar-refractivity contribution in [3.05, 3.63) is 0 Å². The monoisotopic (exact) mass is 214 g/mol. The van der Waals surface area contributed by atoms with Gasteiger partial charge in [-0.3, -0.25) is 4.79 Å². The van der Waals surface area contributed by atoms with E-state index in [4.69, 9.17) is 0 Å². The Kier molecular flexibility index (Phi) is 5.05. The Hall–Kier alpha value is -0.610. The van der Waals surface area contributed by atoms with E-state index in [0.29, 0.717) is 6.42 Å². The summed E-state index contributed by atoms with van der Waals surface area (Å²) >= 11 is 0. The van der Waals surface area contributed by atoms with E-state index < -0.39 is 0 Å². The molecule has 1 fully saturated rings. The molecule has 0 aromatic carbocycles. The SMILES string of the molecule is CC(O)CC(C)NC(=O)[C@@H]1CCCCN1. The third-order valence-corrected chi connectivity index (χ3v) is 2.71. The lowest BCUT2D eigenvalue weighted by Gasteiger charge is -2.24. The van der Waals surface area contributed by atoms with E-state index in [1.54, 1.807) is 6.92 Å². The van der Waals surface area contributed by atoms with Gasteiger partial charge < -0.3 is 15.7 Å². The molecule has 3 N–H and O–H groups in total. The van der Waals surface area contributed by atoms with E-state index in [-0.39, 0.29) is 24.1 Å².